The van der Waals surface area contributed by atoms with Crippen molar-refractivity contribution in [1.29, 1.82) is 0 Å². The average Bonchev–Trinajstić information content (AvgIpc) is 2.38. The van der Waals surface area contributed by atoms with Gasteiger partial charge < -0.3 is 9.47 Å². The Kier molecular flexibility index (Phi) is 3.56. The summed E-state index contributed by atoms with van der Waals surface area (Å²) in [4.78, 5) is 0. The minimum absolute atomic E-state index is 0.841. The standard InChI is InChI=1S/C16H17O2/c1-11-8-9-13(15(10-11)18-4)16-12(2)6-5-7-14(16)17-3/h5,7-10H,1-4H3. The Bertz CT molecular complexity index is 559. The van der Waals surface area contributed by atoms with Gasteiger partial charge in [0.15, 0.2) is 0 Å². The number of benzene rings is 2. The lowest BCUT2D eigenvalue weighted by Gasteiger charge is -2.15. The molecular formula is C16H17O2. The summed E-state index contributed by atoms with van der Waals surface area (Å²) in [5, 5.41) is 0. The maximum Gasteiger partial charge on any atom is 0.127 e. The van der Waals surface area contributed by atoms with Crippen molar-refractivity contribution in [3.8, 4) is 22.6 Å². The fourth-order valence-electron chi connectivity index (χ4n) is 2.09. The molecule has 0 bridgehead atoms. The average molecular weight is 241 g/mol. The lowest BCUT2D eigenvalue weighted by atomic mass is 9.97. The van der Waals surface area contributed by atoms with Crippen LogP contribution in [0, 0.1) is 19.9 Å². The van der Waals surface area contributed by atoms with Crippen LogP contribution in [0.4, 0.5) is 0 Å². The van der Waals surface area contributed by atoms with E-state index >= 15 is 0 Å². The molecule has 0 heterocycles. The van der Waals surface area contributed by atoms with Crippen LogP contribution in [0.15, 0.2) is 30.3 Å². The van der Waals surface area contributed by atoms with Crippen LogP contribution in [0.1, 0.15) is 11.1 Å². The van der Waals surface area contributed by atoms with E-state index in [9.17, 15) is 0 Å². The minimum atomic E-state index is 0.841. The van der Waals surface area contributed by atoms with Crippen LogP contribution in [0.2, 0.25) is 0 Å². The van der Waals surface area contributed by atoms with E-state index in [-0.39, 0.29) is 0 Å². The van der Waals surface area contributed by atoms with Gasteiger partial charge in [-0.2, -0.15) is 0 Å². The Labute approximate surface area is 108 Å². The summed E-state index contributed by atoms with van der Waals surface area (Å²) in [6.07, 6.45) is 0. The third-order valence-electron chi connectivity index (χ3n) is 3.00. The molecule has 0 unspecified atom stereocenters. The predicted octanol–water partition coefficient (Wildman–Crippen LogP) is 3.79. The van der Waals surface area contributed by atoms with Gasteiger partial charge in [-0.1, -0.05) is 18.2 Å². The van der Waals surface area contributed by atoms with Crippen molar-refractivity contribution >= 4 is 0 Å². The molecule has 0 saturated heterocycles. The first-order valence-corrected chi connectivity index (χ1v) is 5.87. The van der Waals surface area contributed by atoms with Crippen LogP contribution in [-0.2, 0) is 0 Å². The van der Waals surface area contributed by atoms with Crippen molar-refractivity contribution in [1.82, 2.24) is 0 Å². The van der Waals surface area contributed by atoms with Gasteiger partial charge in [0.1, 0.15) is 11.5 Å². The maximum absolute atomic E-state index is 5.47. The molecule has 2 rings (SSSR count). The second kappa shape index (κ2) is 5.13. The summed E-state index contributed by atoms with van der Waals surface area (Å²) < 4.78 is 10.9. The van der Waals surface area contributed by atoms with Gasteiger partial charge in [0, 0.05) is 11.1 Å². The predicted molar refractivity (Wildman–Crippen MR) is 73.3 cm³/mol. The molecule has 0 atom stereocenters. The molecule has 2 aromatic carbocycles. The Balaban J connectivity index is 2.68. The Morgan fingerprint density at radius 1 is 0.944 bits per heavy atom. The minimum Gasteiger partial charge on any atom is -0.496 e. The molecule has 0 aromatic heterocycles. The summed E-state index contributed by atoms with van der Waals surface area (Å²) in [5.41, 5.74) is 4.30. The van der Waals surface area contributed by atoms with Crippen molar-refractivity contribution in [2.24, 2.45) is 0 Å². The summed E-state index contributed by atoms with van der Waals surface area (Å²) in [6, 6.07) is 13.2. The van der Waals surface area contributed by atoms with Crippen LogP contribution < -0.4 is 9.47 Å². The lowest BCUT2D eigenvalue weighted by molar-refractivity contribution is 0.410. The molecule has 93 valence electrons. The van der Waals surface area contributed by atoms with E-state index in [0.29, 0.717) is 0 Å². The number of hydrogen-bond acceptors (Lipinski definition) is 2. The van der Waals surface area contributed by atoms with Gasteiger partial charge in [0.25, 0.3) is 0 Å². The van der Waals surface area contributed by atoms with Crippen LogP contribution in [0.3, 0.4) is 0 Å². The van der Waals surface area contributed by atoms with Crippen molar-refractivity contribution in [2.45, 2.75) is 13.8 Å². The molecule has 0 aliphatic carbocycles. The van der Waals surface area contributed by atoms with E-state index in [1.54, 1.807) is 14.2 Å². The molecule has 0 aliphatic rings. The molecule has 0 N–H and O–H groups in total. The van der Waals surface area contributed by atoms with E-state index < -0.39 is 0 Å². The van der Waals surface area contributed by atoms with Crippen molar-refractivity contribution < 1.29 is 9.47 Å². The number of rotatable bonds is 3. The summed E-state index contributed by atoms with van der Waals surface area (Å²) in [6.45, 7) is 4.07. The summed E-state index contributed by atoms with van der Waals surface area (Å²) in [7, 11) is 3.37. The van der Waals surface area contributed by atoms with Crippen LogP contribution in [-0.4, -0.2) is 14.2 Å². The fourth-order valence-corrected chi connectivity index (χ4v) is 2.09. The van der Waals surface area contributed by atoms with Gasteiger partial charge in [-0.15, -0.1) is 0 Å². The van der Waals surface area contributed by atoms with E-state index in [4.69, 9.17) is 9.47 Å². The van der Waals surface area contributed by atoms with Gasteiger partial charge in [-0.05, 0) is 43.2 Å². The van der Waals surface area contributed by atoms with Crippen molar-refractivity contribution in [3.05, 3.63) is 47.5 Å². The first kappa shape index (κ1) is 12.5. The van der Waals surface area contributed by atoms with Crippen LogP contribution in [0.5, 0.6) is 11.5 Å². The quantitative estimate of drug-likeness (QED) is 0.814. The van der Waals surface area contributed by atoms with Gasteiger partial charge in [0.05, 0.1) is 14.2 Å². The number of ether oxygens (including phenoxy) is 2. The topological polar surface area (TPSA) is 18.5 Å². The Hall–Kier alpha value is -1.96. The second-order valence-corrected chi connectivity index (χ2v) is 4.25. The lowest BCUT2D eigenvalue weighted by Crippen LogP contribution is -1.94. The van der Waals surface area contributed by atoms with Gasteiger partial charge >= 0.3 is 0 Å². The molecule has 0 fully saturated rings. The monoisotopic (exact) mass is 241 g/mol. The second-order valence-electron chi connectivity index (χ2n) is 4.25. The zero-order valence-electron chi connectivity index (χ0n) is 11.2. The molecular weight excluding hydrogens is 224 g/mol. The zero-order valence-corrected chi connectivity index (χ0v) is 11.2. The molecule has 1 radical (unpaired) electrons. The number of hydrogen-bond donors (Lipinski definition) is 0. The SMILES string of the molecule is COc1cc(C)ccc1-c1c(C)[c]ccc1OC. The maximum atomic E-state index is 5.47. The highest BCUT2D eigenvalue weighted by Gasteiger charge is 2.13. The molecule has 2 heteroatoms. The molecule has 0 spiro atoms. The molecule has 0 amide bonds. The van der Waals surface area contributed by atoms with E-state index in [1.807, 2.05) is 32.0 Å². The van der Waals surface area contributed by atoms with E-state index in [2.05, 4.69) is 18.2 Å². The number of methoxy groups -OCH3 is 2. The largest absolute Gasteiger partial charge is 0.496 e. The van der Waals surface area contributed by atoms with Gasteiger partial charge in [-0.3, -0.25) is 0 Å². The molecule has 18 heavy (non-hydrogen) atoms. The van der Waals surface area contributed by atoms with Crippen LogP contribution >= 0.6 is 0 Å². The van der Waals surface area contributed by atoms with Gasteiger partial charge in [0.2, 0.25) is 0 Å². The molecule has 2 nitrogen and oxygen atoms in total. The molecule has 0 saturated carbocycles. The third-order valence-corrected chi connectivity index (χ3v) is 3.00. The van der Waals surface area contributed by atoms with E-state index in [0.717, 1.165) is 28.2 Å². The van der Waals surface area contributed by atoms with Crippen LogP contribution in [0.25, 0.3) is 11.1 Å². The van der Waals surface area contributed by atoms with Crippen molar-refractivity contribution in [2.75, 3.05) is 14.2 Å². The fraction of sp³-hybridized carbons (Fsp3) is 0.250. The highest BCUT2D eigenvalue weighted by Crippen LogP contribution is 2.38. The molecule has 0 aliphatic heterocycles. The highest BCUT2D eigenvalue weighted by molar-refractivity contribution is 5.78. The first-order chi connectivity index (χ1) is 8.67. The smallest absolute Gasteiger partial charge is 0.127 e. The Morgan fingerprint density at radius 2 is 1.67 bits per heavy atom. The van der Waals surface area contributed by atoms with Gasteiger partial charge in [-0.25, -0.2) is 0 Å². The normalized spacial score (nSPS) is 10.2. The Morgan fingerprint density at radius 3 is 2.33 bits per heavy atom. The zero-order chi connectivity index (χ0) is 13.1. The summed E-state index contributed by atoms with van der Waals surface area (Å²) in [5.74, 6) is 1.70. The van der Waals surface area contributed by atoms with Crippen molar-refractivity contribution in [3.63, 3.8) is 0 Å². The third kappa shape index (κ3) is 2.19. The number of aryl methyl sites for hydroxylation is 2. The molecule has 2 aromatic rings. The highest BCUT2D eigenvalue weighted by atomic mass is 16.5. The van der Waals surface area contributed by atoms with E-state index in [1.165, 1.54) is 5.56 Å². The summed E-state index contributed by atoms with van der Waals surface area (Å²) >= 11 is 0. The first-order valence-electron chi connectivity index (χ1n) is 5.87.